The smallest absolute Gasteiger partial charge is 0.222 e. The molecule has 1 atom stereocenters. The van der Waals surface area contributed by atoms with Crippen LogP contribution in [0.1, 0.15) is 22.9 Å². The van der Waals surface area contributed by atoms with E-state index in [9.17, 15) is 5.11 Å². The van der Waals surface area contributed by atoms with E-state index < -0.39 is 0 Å². The van der Waals surface area contributed by atoms with E-state index in [0.29, 0.717) is 28.9 Å². The number of rotatable bonds is 6. The second kappa shape index (κ2) is 7.72. The van der Waals surface area contributed by atoms with Gasteiger partial charge in [0.1, 0.15) is 22.8 Å². The third kappa shape index (κ3) is 3.55. The molecule has 0 saturated heterocycles. The molecule has 0 saturated carbocycles. The van der Waals surface area contributed by atoms with Crippen molar-refractivity contribution in [3.8, 4) is 17.4 Å². The Morgan fingerprint density at radius 1 is 1.11 bits per heavy atom. The highest BCUT2D eigenvalue weighted by Gasteiger charge is 2.19. The monoisotopic (exact) mass is 378 g/mol. The fourth-order valence-corrected chi connectivity index (χ4v) is 3.37. The maximum atomic E-state index is 10.5. The Bertz CT molecular complexity index is 1040. The van der Waals surface area contributed by atoms with Crippen molar-refractivity contribution in [3.63, 3.8) is 0 Å². The van der Waals surface area contributed by atoms with E-state index in [1.54, 1.807) is 14.2 Å². The highest BCUT2D eigenvalue weighted by atomic mass is 16.5. The van der Waals surface area contributed by atoms with Gasteiger partial charge in [0, 0.05) is 25.1 Å². The predicted molar refractivity (Wildman–Crippen MR) is 107 cm³/mol. The zero-order valence-electron chi connectivity index (χ0n) is 15.8. The summed E-state index contributed by atoms with van der Waals surface area (Å²) in [6, 6.07) is 11.7. The van der Waals surface area contributed by atoms with Crippen molar-refractivity contribution in [2.75, 3.05) is 20.8 Å². The summed E-state index contributed by atoms with van der Waals surface area (Å²) in [6.07, 6.45) is 3.19. The summed E-state index contributed by atoms with van der Waals surface area (Å²) in [5.74, 6) is 2.11. The van der Waals surface area contributed by atoms with Crippen molar-refractivity contribution in [1.82, 2.24) is 15.4 Å². The van der Waals surface area contributed by atoms with Gasteiger partial charge in [0.05, 0.1) is 19.6 Å². The zero-order valence-corrected chi connectivity index (χ0v) is 15.8. The second-order valence-electron chi connectivity index (χ2n) is 6.68. The van der Waals surface area contributed by atoms with Crippen LogP contribution in [0.4, 0.5) is 0 Å². The van der Waals surface area contributed by atoms with Crippen LogP contribution in [0.5, 0.6) is 17.4 Å². The van der Waals surface area contributed by atoms with Gasteiger partial charge in [-0.15, -0.1) is 0 Å². The summed E-state index contributed by atoms with van der Waals surface area (Å²) in [7, 11) is 3.26. The minimum atomic E-state index is -0.0336. The molecule has 0 radical (unpaired) electrons. The average molecular weight is 378 g/mol. The van der Waals surface area contributed by atoms with Crippen LogP contribution in [0.2, 0.25) is 0 Å². The third-order valence-corrected chi connectivity index (χ3v) is 4.89. The van der Waals surface area contributed by atoms with Gasteiger partial charge in [-0.05, 0) is 41.8 Å². The van der Waals surface area contributed by atoms with Crippen LogP contribution in [-0.2, 0) is 12.8 Å². The van der Waals surface area contributed by atoms with E-state index in [0.717, 1.165) is 29.8 Å². The molecule has 4 rings (SSSR count). The molecule has 0 fully saturated rings. The highest BCUT2D eigenvalue weighted by Crippen LogP contribution is 2.33. The van der Waals surface area contributed by atoms with Gasteiger partial charge in [-0.1, -0.05) is 12.1 Å². The first-order chi connectivity index (χ1) is 13.7. The van der Waals surface area contributed by atoms with Crippen molar-refractivity contribution in [1.29, 1.82) is 0 Å². The quantitative estimate of drug-likeness (QED) is 0.686. The van der Waals surface area contributed by atoms with Gasteiger partial charge in [-0.2, -0.15) is 10.1 Å². The first-order valence-corrected chi connectivity index (χ1v) is 9.14. The summed E-state index contributed by atoms with van der Waals surface area (Å²) in [5, 5.41) is 15.2. The lowest BCUT2D eigenvalue weighted by Crippen LogP contribution is -2.09. The van der Waals surface area contributed by atoms with Crippen molar-refractivity contribution < 1.29 is 14.6 Å². The fourth-order valence-electron chi connectivity index (χ4n) is 3.37. The third-order valence-electron chi connectivity index (χ3n) is 4.89. The molecule has 1 aliphatic heterocycles. The van der Waals surface area contributed by atoms with Crippen LogP contribution in [0.15, 0.2) is 41.5 Å². The lowest BCUT2D eigenvalue weighted by Gasteiger charge is -2.13. The van der Waals surface area contributed by atoms with Crippen LogP contribution in [0, 0.1) is 0 Å². The molecule has 144 valence electrons. The molecule has 0 bridgehead atoms. The fraction of sp³-hybridized carbons (Fsp3) is 0.286. The Morgan fingerprint density at radius 3 is 2.75 bits per heavy atom. The maximum absolute atomic E-state index is 10.5. The van der Waals surface area contributed by atoms with Gasteiger partial charge in [-0.25, -0.2) is 4.98 Å². The molecule has 1 aliphatic rings. The number of nitrogens with zero attached hydrogens (tertiary/aromatic N) is 3. The van der Waals surface area contributed by atoms with Gasteiger partial charge in [0.25, 0.3) is 0 Å². The first kappa shape index (κ1) is 18.0. The Hall–Kier alpha value is -3.35. The van der Waals surface area contributed by atoms with E-state index in [-0.39, 0.29) is 11.8 Å². The van der Waals surface area contributed by atoms with Crippen LogP contribution in [0.3, 0.4) is 0 Å². The van der Waals surface area contributed by atoms with Crippen LogP contribution >= 0.6 is 0 Å². The zero-order chi connectivity index (χ0) is 19.5. The summed E-state index contributed by atoms with van der Waals surface area (Å²) in [5.41, 5.74) is 5.68. The molecule has 7 heteroatoms. The van der Waals surface area contributed by atoms with Crippen LogP contribution in [-0.4, -0.2) is 42.1 Å². The Morgan fingerprint density at radius 2 is 2.00 bits per heavy atom. The number of hydrogen-bond acceptors (Lipinski definition) is 7. The van der Waals surface area contributed by atoms with Gasteiger partial charge < -0.3 is 20.0 Å². The van der Waals surface area contributed by atoms with Crippen molar-refractivity contribution in [3.05, 3.63) is 53.3 Å². The molecule has 0 amide bonds. The second-order valence-corrected chi connectivity index (χ2v) is 6.68. The van der Waals surface area contributed by atoms with E-state index in [4.69, 9.17) is 9.47 Å². The van der Waals surface area contributed by atoms with Crippen molar-refractivity contribution in [2.24, 2.45) is 5.10 Å². The number of methoxy groups -OCH3 is 2. The molecule has 2 N–H and O–H groups in total. The summed E-state index contributed by atoms with van der Waals surface area (Å²) >= 11 is 0. The number of hydrazone groups is 1. The first-order valence-electron chi connectivity index (χ1n) is 9.14. The number of benzene rings is 2. The SMILES string of the molecule is COc1cccc(CCc2nc(O)c3cc(C4C=NNC4)cc(OC)c3n2)c1. The van der Waals surface area contributed by atoms with E-state index in [2.05, 4.69) is 20.5 Å². The lowest BCUT2D eigenvalue weighted by atomic mass is 9.98. The Kier molecular flexibility index (Phi) is 4.97. The molecule has 0 spiro atoms. The number of aromatic hydroxyl groups is 1. The summed E-state index contributed by atoms with van der Waals surface area (Å²) < 4.78 is 10.8. The highest BCUT2D eigenvalue weighted by molar-refractivity contribution is 5.90. The Balaban J connectivity index is 1.65. The molecule has 0 aliphatic carbocycles. The van der Waals surface area contributed by atoms with Crippen molar-refractivity contribution in [2.45, 2.75) is 18.8 Å². The molecular formula is C21H22N4O3. The standard InChI is InChI=1S/C21H22N4O3/c1-27-16-5-3-4-13(8-16)6-7-19-24-20-17(21(26)25-19)9-14(10-18(20)28-2)15-11-22-23-12-15/h3-5,8-11,15,23H,6-7,12H2,1-2H3,(H,24,25,26). The topological polar surface area (TPSA) is 88.9 Å². The number of fused-ring (bicyclic) bond motifs is 1. The molecule has 2 heterocycles. The minimum Gasteiger partial charge on any atom is -0.497 e. The number of aromatic nitrogens is 2. The Labute approximate surface area is 163 Å². The molecule has 7 nitrogen and oxygen atoms in total. The van der Waals surface area contributed by atoms with Crippen LogP contribution < -0.4 is 14.9 Å². The minimum absolute atomic E-state index is 0.0336. The molecule has 28 heavy (non-hydrogen) atoms. The van der Waals surface area contributed by atoms with E-state index in [1.807, 2.05) is 42.6 Å². The van der Waals surface area contributed by atoms with Gasteiger partial charge >= 0.3 is 0 Å². The lowest BCUT2D eigenvalue weighted by molar-refractivity contribution is 0.414. The summed E-state index contributed by atoms with van der Waals surface area (Å²) in [4.78, 5) is 8.97. The van der Waals surface area contributed by atoms with Gasteiger partial charge in [0.15, 0.2) is 0 Å². The molecular weight excluding hydrogens is 356 g/mol. The number of nitrogens with one attached hydrogen (secondary N) is 1. The predicted octanol–water partition coefficient (Wildman–Crippen LogP) is 2.81. The van der Waals surface area contributed by atoms with Crippen molar-refractivity contribution >= 4 is 17.1 Å². The molecule has 3 aromatic rings. The molecule has 1 aromatic heterocycles. The maximum Gasteiger partial charge on any atom is 0.222 e. The largest absolute Gasteiger partial charge is 0.497 e. The van der Waals surface area contributed by atoms with E-state index in [1.165, 1.54) is 0 Å². The number of ether oxygens (including phenoxy) is 2. The molecule has 2 aromatic carbocycles. The number of aryl methyl sites for hydroxylation is 2. The van der Waals surface area contributed by atoms with E-state index >= 15 is 0 Å². The van der Waals surface area contributed by atoms with Crippen LogP contribution in [0.25, 0.3) is 10.9 Å². The average Bonchev–Trinajstić information content (AvgIpc) is 3.27. The number of hydrogen-bond donors (Lipinski definition) is 2. The van der Waals surface area contributed by atoms with Gasteiger partial charge in [-0.3, -0.25) is 0 Å². The molecule has 1 unspecified atom stereocenters. The normalized spacial score (nSPS) is 15.6. The summed E-state index contributed by atoms with van der Waals surface area (Å²) in [6.45, 7) is 0.717. The van der Waals surface area contributed by atoms with Gasteiger partial charge in [0.2, 0.25) is 5.88 Å².